The van der Waals surface area contributed by atoms with E-state index in [9.17, 15) is 9.90 Å². The van der Waals surface area contributed by atoms with Crippen LogP contribution in [0.4, 0.5) is 11.5 Å². The first-order chi connectivity index (χ1) is 16.0. The van der Waals surface area contributed by atoms with Crippen LogP contribution in [0.3, 0.4) is 0 Å². The van der Waals surface area contributed by atoms with E-state index in [4.69, 9.17) is 22.1 Å². The minimum atomic E-state index is -0.331. The van der Waals surface area contributed by atoms with Crippen molar-refractivity contribution in [1.82, 2.24) is 19.7 Å². The van der Waals surface area contributed by atoms with Gasteiger partial charge in [-0.05, 0) is 43.3 Å². The van der Waals surface area contributed by atoms with E-state index < -0.39 is 0 Å². The molecule has 33 heavy (non-hydrogen) atoms. The molecule has 0 aliphatic carbocycles. The standard InChI is InChI=1S/C23H25ClN6O3/c24-17-5-3-15(31)13-19(17)30-22(25)20-21(28-30)16-4-2-14(12-18(16)27-23(20)32)26-6-1-7-29-8-10-33-11-9-29/h2-5,12-13,26,31H,1,6-11,25H2,(H,27,32). The minimum Gasteiger partial charge on any atom is -0.508 e. The highest BCUT2D eigenvalue weighted by Crippen LogP contribution is 2.31. The fourth-order valence-electron chi connectivity index (χ4n) is 4.20. The zero-order valence-electron chi connectivity index (χ0n) is 18.0. The normalized spacial score (nSPS) is 14.8. The molecule has 1 aliphatic rings. The van der Waals surface area contributed by atoms with Crippen LogP contribution in [0, 0.1) is 0 Å². The van der Waals surface area contributed by atoms with Gasteiger partial charge in [-0.2, -0.15) is 5.10 Å². The van der Waals surface area contributed by atoms with Gasteiger partial charge in [0.25, 0.3) is 5.56 Å². The summed E-state index contributed by atoms with van der Waals surface area (Å²) in [7, 11) is 0. The van der Waals surface area contributed by atoms with Crippen molar-refractivity contribution in [2.24, 2.45) is 0 Å². The van der Waals surface area contributed by atoms with Crippen LogP contribution in [-0.2, 0) is 4.74 Å². The van der Waals surface area contributed by atoms with E-state index in [-0.39, 0.29) is 22.5 Å². The van der Waals surface area contributed by atoms with E-state index in [1.165, 1.54) is 16.8 Å². The van der Waals surface area contributed by atoms with Gasteiger partial charge in [-0.25, -0.2) is 4.68 Å². The van der Waals surface area contributed by atoms with Crippen LogP contribution in [0.1, 0.15) is 6.42 Å². The quantitative estimate of drug-likeness (QED) is 0.321. The maximum atomic E-state index is 12.8. The molecule has 0 radical (unpaired) electrons. The molecule has 2 aromatic heterocycles. The molecule has 5 N–H and O–H groups in total. The molecule has 3 heterocycles. The van der Waals surface area contributed by atoms with Gasteiger partial charge in [0.2, 0.25) is 0 Å². The molecule has 0 bridgehead atoms. The van der Waals surface area contributed by atoms with Gasteiger partial charge in [-0.1, -0.05) is 11.6 Å². The smallest absolute Gasteiger partial charge is 0.261 e. The van der Waals surface area contributed by atoms with E-state index in [2.05, 4.69) is 20.3 Å². The second-order valence-electron chi connectivity index (χ2n) is 8.11. The van der Waals surface area contributed by atoms with E-state index in [0.29, 0.717) is 21.7 Å². The van der Waals surface area contributed by atoms with Gasteiger partial charge >= 0.3 is 0 Å². The minimum absolute atomic E-state index is 0.0245. The number of phenolic OH excluding ortho intramolecular Hbond substituents is 1. The van der Waals surface area contributed by atoms with Crippen molar-refractivity contribution in [3.8, 4) is 11.4 Å². The SMILES string of the molecule is Nc1c2c(=O)[nH]c3cc(NCCCN4CCOCC4)ccc3c2nn1-c1cc(O)ccc1Cl. The van der Waals surface area contributed by atoms with Crippen LogP contribution in [0.25, 0.3) is 27.5 Å². The van der Waals surface area contributed by atoms with Gasteiger partial charge in [0.15, 0.2) is 0 Å². The number of aromatic hydroxyl groups is 1. The molecular weight excluding hydrogens is 444 g/mol. The van der Waals surface area contributed by atoms with Crippen molar-refractivity contribution in [3.63, 3.8) is 0 Å². The second-order valence-corrected chi connectivity index (χ2v) is 8.51. The van der Waals surface area contributed by atoms with Crippen molar-refractivity contribution < 1.29 is 9.84 Å². The van der Waals surface area contributed by atoms with E-state index in [1.807, 2.05) is 18.2 Å². The van der Waals surface area contributed by atoms with Crippen molar-refractivity contribution in [3.05, 3.63) is 51.8 Å². The predicted octanol–water partition coefficient (Wildman–Crippen LogP) is 2.94. The summed E-state index contributed by atoms with van der Waals surface area (Å²) in [5.41, 5.74) is 8.40. The summed E-state index contributed by atoms with van der Waals surface area (Å²) in [4.78, 5) is 18.2. The van der Waals surface area contributed by atoms with Crippen molar-refractivity contribution in [1.29, 1.82) is 0 Å². The molecule has 0 atom stereocenters. The first-order valence-electron chi connectivity index (χ1n) is 10.9. The van der Waals surface area contributed by atoms with E-state index in [1.54, 1.807) is 6.07 Å². The lowest BCUT2D eigenvalue weighted by Gasteiger charge is -2.26. The third kappa shape index (κ3) is 4.22. The van der Waals surface area contributed by atoms with Gasteiger partial charge < -0.3 is 25.9 Å². The van der Waals surface area contributed by atoms with Gasteiger partial charge in [0.1, 0.15) is 22.5 Å². The molecule has 1 fully saturated rings. The Morgan fingerprint density at radius 3 is 2.85 bits per heavy atom. The summed E-state index contributed by atoms with van der Waals surface area (Å²) < 4.78 is 6.77. The topological polar surface area (TPSA) is 121 Å². The number of morpholine rings is 1. The van der Waals surface area contributed by atoms with Gasteiger partial charge in [0.05, 0.1) is 29.4 Å². The van der Waals surface area contributed by atoms with Crippen molar-refractivity contribution in [2.45, 2.75) is 6.42 Å². The number of fused-ring (bicyclic) bond motifs is 3. The molecule has 172 valence electrons. The summed E-state index contributed by atoms with van der Waals surface area (Å²) in [5, 5.41) is 19.3. The number of hydrogen-bond donors (Lipinski definition) is 4. The molecule has 0 amide bonds. The lowest BCUT2D eigenvalue weighted by molar-refractivity contribution is 0.0378. The molecule has 1 aliphatic heterocycles. The zero-order valence-corrected chi connectivity index (χ0v) is 18.7. The number of rotatable bonds is 6. The van der Waals surface area contributed by atoms with Crippen LogP contribution in [0.5, 0.6) is 5.75 Å². The van der Waals surface area contributed by atoms with Crippen molar-refractivity contribution >= 4 is 44.9 Å². The van der Waals surface area contributed by atoms with Crippen LogP contribution in [0.15, 0.2) is 41.2 Å². The number of phenols is 1. The molecule has 0 unspecified atom stereocenters. The van der Waals surface area contributed by atoms with Crippen LogP contribution in [-0.4, -0.2) is 64.2 Å². The number of benzene rings is 2. The van der Waals surface area contributed by atoms with Crippen LogP contribution in [0.2, 0.25) is 5.02 Å². The molecule has 4 aromatic rings. The molecule has 9 nitrogen and oxygen atoms in total. The van der Waals surface area contributed by atoms with Gasteiger partial charge in [0, 0.05) is 36.8 Å². The Morgan fingerprint density at radius 1 is 1.21 bits per heavy atom. The first kappa shape index (κ1) is 21.6. The summed E-state index contributed by atoms with van der Waals surface area (Å²) in [6.45, 7) is 5.42. The van der Waals surface area contributed by atoms with Gasteiger partial charge in [-0.15, -0.1) is 0 Å². The lowest BCUT2D eigenvalue weighted by Crippen LogP contribution is -2.37. The number of hydrogen-bond acceptors (Lipinski definition) is 7. The second kappa shape index (κ2) is 8.93. The number of nitrogens with zero attached hydrogens (tertiary/aromatic N) is 3. The summed E-state index contributed by atoms with van der Waals surface area (Å²) in [5.74, 6) is 0.183. The largest absolute Gasteiger partial charge is 0.508 e. The Kier molecular flexibility index (Phi) is 5.84. The average Bonchev–Trinajstić information content (AvgIpc) is 3.16. The molecule has 0 saturated carbocycles. The number of aromatic nitrogens is 3. The van der Waals surface area contributed by atoms with Crippen molar-refractivity contribution in [2.75, 3.05) is 50.4 Å². The highest BCUT2D eigenvalue weighted by molar-refractivity contribution is 6.32. The molecular formula is C23H25ClN6O3. The third-order valence-electron chi connectivity index (χ3n) is 5.91. The van der Waals surface area contributed by atoms with E-state index in [0.717, 1.165) is 56.9 Å². The number of nitrogen functional groups attached to an aromatic ring is 1. The summed E-state index contributed by atoms with van der Waals surface area (Å²) >= 11 is 6.29. The zero-order chi connectivity index (χ0) is 22.9. The average molecular weight is 469 g/mol. The summed E-state index contributed by atoms with van der Waals surface area (Å²) in [6, 6.07) is 10.3. The Morgan fingerprint density at radius 2 is 2.03 bits per heavy atom. The van der Waals surface area contributed by atoms with Crippen LogP contribution >= 0.6 is 11.6 Å². The number of ether oxygens (including phenoxy) is 1. The predicted molar refractivity (Wildman–Crippen MR) is 131 cm³/mol. The summed E-state index contributed by atoms with van der Waals surface area (Å²) in [6.07, 6.45) is 1.01. The Balaban J connectivity index is 1.42. The molecule has 2 aromatic carbocycles. The Hall–Kier alpha value is -3.27. The monoisotopic (exact) mass is 468 g/mol. The third-order valence-corrected chi connectivity index (χ3v) is 6.23. The first-order valence-corrected chi connectivity index (χ1v) is 11.3. The number of nitrogens with two attached hydrogens (primary N) is 1. The molecule has 10 heteroatoms. The number of nitrogens with one attached hydrogen (secondary N) is 2. The van der Waals surface area contributed by atoms with Crippen LogP contribution < -0.4 is 16.6 Å². The fraction of sp³-hybridized carbons (Fsp3) is 0.304. The highest BCUT2D eigenvalue weighted by atomic mass is 35.5. The maximum Gasteiger partial charge on any atom is 0.261 e. The Bertz CT molecular complexity index is 1380. The molecule has 0 spiro atoms. The highest BCUT2D eigenvalue weighted by Gasteiger charge is 2.18. The number of aromatic amines is 1. The molecule has 1 saturated heterocycles. The van der Waals surface area contributed by atoms with E-state index >= 15 is 0 Å². The Labute approximate surface area is 194 Å². The van der Waals surface area contributed by atoms with Gasteiger partial charge in [-0.3, -0.25) is 9.69 Å². The number of H-pyrrole nitrogens is 1. The maximum absolute atomic E-state index is 12.8. The lowest BCUT2D eigenvalue weighted by atomic mass is 10.1. The number of halogens is 1. The molecule has 5 rings (SSSR count). The number of anilines is 2. The number of pyridine rings is 1. The fourth-order valence-corrected chi connectivity index (χ4v) is 4.40.